The Labute approximate surface area is 94.5 Å². The molecular formula is C13H14OS. The Morgan fingerprint density at radius 2 is 2.07 bits per heavy atom. The Morgan fingerprint density at radius 3 is 2.80 bits per heavy atom. The highest BCUT2D eigenvalue weighted by atomic mass is 32.2. The molecule has 2 heteroatoms. The van der Waals surface area contributed by atoms with Gasteiger partial charge in [-0.1, -0.05) is 29.8 Å². The number of rotatable bonds is 4. The van der Waals surface area contributed by atoms with Crippen molar-refractivity contribution in [2.24, 2.45) is 0 Å². The molecule has 1 heterocycles. The van der Waals surface area contributed by atoms with Gasteiger partial charge in [-0.25, -0.2) is 0 Å². The third-order valence-corrected chi connectivity index (χ3v) is 3.20. The molecule has 0 N–H and O–H groups in total. The summed E-state index contributed by atoms with van der Waals surface area (Å²) < 4.78 is 5.27. The van der Waals surface area contributed by atoms with Gasteiger partial charge in [-0.3, -0.25) is 0 Å². The lowest BCUT2D eigenvalue weighted by atomic mass is 10.2. The fourth-order valence-corrected chi connectivity index (χ4v) is 2.35. The van der Waals surface area contributed by atoms with Gasteiger partial charge in [0, 0.05) is 5.75 Å². The van der Waals surface area contributed by atoms with Crippen LogP contribution in [0.3, 0.4) is 0 Å². The van der Waals surface area contributed by atoms with Crippen LogP contribution in [0.2, 0.25) is 0 Å². The van der Waals surface area contributed by atoms with Crippen LogP contribution in [0, 0.1) is 6.92 Å². The van der Waals surface area contributed by atoms with Crippen LogP contribution in [-0.2, 0) is 11.5 Å². The fourth-order valence-electron chi connectivity index (χ4n) is 1.47. The molecule has 0 aliphatic rings. The zero-order valence-corrected chi connectivity index (χ0v) is 9.59. The van der Waals surface area contributed by atoms with Gasteiger partial charge in [-0.2, -0.15) is 0 Å². The number of aryl methyl sites for hydroxylation is 1. The topological polar surface area (TPSA) is 13.1 Å². The summed E-state index contributed by atoms with van der Waals surface area (Å²) in [5.41, 5.74) is 2.71. The van der Waals surface area contributed by atoms with Crippen LogP contribution >= 0.6 is 11.8 Å². The molecule has 0 aliphatic carbocycles. The second-order valence-electron chi connectivity index (χ2n) is 3.56. The van der Waals surface area contributed by atoms with Crippen LogP contribution in [0.25, 0.3) is 0 Å². The summed E-state index contributed by atoms with van der Waals surface area (Å²) in [6.45, 7) is 2.13. The summed E-state index contributed by atoms with van der Waals surface area (Å²) in [5.74, 6) is 3.04. The highest BCUT2D eigenvalue weighted by Crippen LogP contribution is 2.18. The summed E-state index contributed by atoms with van der Waals surface area (Å²) in [7, 11) is 0. The van der Waals surface area contributed by atoms with Crippen molar-refractivity contribution in [2.45, 2.75) is 18.4 Å². The van der Waals surface area contributed by atoms with Crippen LogP contribution in [0.15, 0.2) is 47.1 Å². The number of thioether (sulfide) groups is 1. The highest BCUT2D eigenvalue weighted by molar-refractivity contribution is 7.97. The number of hydrogen-bond acceptors (Lipinski definition) is 2. The monoisotopic (exact) mass is 218 g/mol. The van der Waals surface area contributed by atoms with Crippen LogP contribution < -0.4 is 0 Å². The molecule has 0 amide bonds. The molecule has 1 nitrogen and oxygen atoms in total. The molecule has 0 radical (unpaired) electrons. The zero-order chi connectivity index (χ0) is 10.5. The van der Waals surface area contributed by atoms with E-state index < -0.39 is 0 Å². The van der Waals surface area contributed by atoms with Gasteiger partial charge in [0.1, 0.15) is 5.76 Å². The maximum atomic E-state index is 5.27. The van der Waals surface area contributed by atoms with Gasteiger partial charge < -0.3 is 4.42 Å². The Hall–Kier alpha value is -1.15. The average molecular weight is 218 g/mol. The van der Waals surface area contributed by atoms with E-state index in [2.05, 4.69) is 31.2 Å². The first kappa shape index (κ1) is 10.4. The van der Waals surface area contributed by atoms with E-state index in [0.29, 0.717) is 0 Å². The van der Waals surface area contributed by atoms with Crippen LogP contribution in [-0.4, -0.2) is 0 Å². The van der Waals surface area contributed by atoms with Crippen molar-refractivity contribution in [2.75, 3.05) is 0 Å². The molecule has 0 fully saturated rings. The standard InChI is InChI=1S/C13H14OS/c1-11-4-2-5-12(8-11)9-15-10-13-6-3-7-14-13/h2-8H,9-10H2,1H3. The molecule has 0 saturated carbocycles. The molecule has 0 saturated heterocycles. The van der Waals surface area contributed by atoms with Gasteiger partial charge in [0.2, 0.25) is 0 Å². The number of benzene rings is 1. The Balaban J connectivity index is 1.83. The SMILES string of the molecule is Cc1cccc(CSCc2ccco2)c1. The summed E-state index contributed by atoms with van der Waals surface area (Å²) >= 11 is 1.88. The third kappa shape index (κ3) is 3.17. The first-order valence-corrected chi connectivity index (χ1v) is 6.16. The van der Waals surface area contributed by atoms with Crippen molar-refractivity contribution < 1.29 is 4.42 Å². The quantitative estimate of drug-likeness (QED) is 0.768. The third-order valence-electron chi connectivity index (χ3n) is 2.18. The Bertz CT molecular complexity index is 406. The van der Waals surface area contributed by atoms with Gasteiger partial charge in [0.25, 0.3) is 0 Å². The average Bonchev–Trinajstić information content (AvgIpc) is 2.71. The van der Waals surface area contributed by atoms with E-state index in [0.717, 1.165) is 17.3 Å². The second-order valence-corrected chi connectivity index (χ2v) is 4.55. The van der Waals surface area contributed by atoms with Gasteiger partial charge in [-0.15, -0.1) is 11.8 Å². The highest BCUT2D eigenvalue weighted by Gasteiger charge is 1.97. The van der Waals surface area contributed by atoms with E-state index in [1.54, 1.807) is 6.26 Å². The second kappa shape index (κ2) is 5.08. The molecule has 2 aromatic rings. The molecule has 0 spiro atoms. The van der Waals surface area contributed by atoms with Crippen molar-refractivity contribution >= 4 is 11.8 Å². The first-order chi connectivity index (χ1) is 7.34. The molecule has 2 rings (SSSR count). The molecule has 1 aromatic carbocycles. The Kier molecular flexibility index (Phi) is 3.51. The number of furan rings is 1. The Morgan fingerprint density at radius 1 is 1.13 bits per heavy atom. The van der Waals surface area contributed by atoms with Gasteiger partial charge >= 0.3 is 0 Å². The molecule has 0 atom stereocenters. The fraction of sp³-hybridized carbons (Fsp3) is 0.231. The molecular weight excluding hydrogens is 204 g/mol. The van der Waals surface area contributed by atoms with Crippen molar-refractivity contribution in [3.8, 4) is 0 Å². The maximum Gasteiger partial charge on any atom is 0.113 e. The smallest absolute Gasteiger partial charge is 0.113 e. The minimum Gasteiger partial charge on any atom is -0.468 e. The zero-order valence-electron chi connectivity index (χ0n) is 8.77. The summed E-state index contributed by atoms with van der Waals surface area (Å²) in [4.78, 5) is 0. The maximum absolute atomic E-state index is 5.27. The van der Waals surface area contributed by atoms with E-state index >= 15 is 0 Å². The molecule has 0 unspecified atom stereocenters. The molecule has 15 heavy (non-hydrogen) atoms. The van der Waals surface area contributed by atoms with Gasteiger partial charge in [0.05, 0.1) is 12.0 Å². The van der Waals surface area contributed by atoms with Crippen LogP contribution in [0.4, 0.5) is 0 Å². The van der Waals surface area contributed by atoms with Crippen molar-refractivity contribution in [1.82, 2.24) is 0 Å². The van der Waals surface area contributed by atoms with Gasteiger partial charge in [0.15, 0.2) is 0 Å². The van der Waals surface area contributed by atoms with Crippen LogP contribution in [0.1, 0.15) is 16.9 Å². The van der Waals surface area contributed by atoms with E-state index in [-0.39, 0.29) is 0 Å². The van der Waals surface area contributed by atoms with Crippen LogP contribution in [0.5, 0.6) is 0 Å². The van der Waals surface area contributed by atoms with Crippen molar-refractivity contribution in [3.63, 3.8) is 0 Å². The predicted molar refractivity (Wildman–Crippen MR) is 64.9 cm³/mol. The van der Waals surface area contributed by atoms with E-state index in [4.69, 9.17) is 4.42 Å². The molecule has 78 valence electrons. The van der Waals surface area contributed by atoms with E-state index in [9.17, 15) is 0 Å². The van der Waals surface area contributed by atoms with Crippen molar-refractivity contribution in [3.05, 3.63) is 59.5 Å². The summed E-state index contributed by atoms with van der Waals surface area (Å²) in [5, 5.41) is 0. The predicted octanol–water partition coefficient (Wildman–Crippen LogP) is 4.02. The van der Waals surface area contributed by atoms with E-state index in [1.165, 1.54) is 11.1 Å². The molecule has 1 aromatic heterocycles. The lowest BCUT2D eigenvalue weighted by Crippen LogP contribution is -1.82. The minimum absolute atomic E-state index is 0.945. The normalized spacial score (nSPS) is 10.5. The lowest BCUT2D eigenvalue weighted by Gasteiger charge is -2.01. The van der Waals surface area contributed by atoms with Crippen molar-refractivity contribution in [1.29, 1.82) is 0 Å². The first-order valence-electron chi connectivity index (χ1n) is 5.00. The molecule has 0 bridgehead atoms. The summed E-state index contributed by atoms with van der Waals surface area (Å²) in [6.07, 6.45) is 1.72. The molecule has 0 aliphatic heterocycles. The van der Waals surface area contributed by atoms with E-state index in [1.807, 2.05) is 23.9 Å². The summed E-state index contributed by atoms with van der Waals surface area (Å²) in [6, 6.07) is 12.6. The lowest BCUT2D eigenvalue weighted by molar-refractivity contribution is 0.530. The minimum atomic E-state index is 0.945. The largest absolute Gasteiger partial charge is 0.468 e. The number of hydrogen-bond donors (Lipinski definition) is 0. The van der Waals surface area contributed by atoms with Gasteiger partial charge in [-0.05, 0) is 24.6 Å².